The normalized spacial score (nSPS) is 14.7. The largest absolute Gasteiger partial charge is 0.490 e. The van der Waals surface area contributed by atoms with Crippen LogP contribution in [0.3, 0.4) is 0 Å². The van der Waals surface area contributed by atoms with Crippen molar-refractivity contribution in [3.8, 4) is 5.75 Å². The van der Waals surface area contributed by atoms with E-state index in [1.54, 1.807) is 12.1 Å². The Morgan fingerprint density at radius 3 is 2.34 bits per heavy atom. The predicted molar refractivity (Wildman–Crippen MR) is 101 cm³/mol. The first-order valence-corrected chi connectivity index (χ1v) is 9.24. The number of hydrogen-bond acceptors (Lipinski definition) is 3. The van der Waals surface area contributed by atoms with Gasteiger partial charge in [0.25, 0.3) is 0 Å². The Labute approximate surface area is 170 Å². The van der Waals surface area contributed by atoms with Gasteiger partial charge in [0.2, 0.25) is 0 Å². The summed E-state index contributed by atoms with van der Waals surface area (Å²) in [6.07, 6.45) is -2.34. The Balaban J connectivity index is 0.000000370. The molecule has 9 heteroatoms. The average Bonchev–Trinajstić information content (AvgIpc) is 2.66. The highest BCUT2D eigenvalue weighted by Crippen LogP contribution is 2.26. The summed E-state index contributed by atoms with van der Waals surface area (Å²) in [7, 11) is 0. The number of hydrogen-bond donors (Lipinski definition) is 2. The number of para-hydroxylation sites is 1. The van der Waals surface area contributed by atoms with Crippen molar-refractivity contribution < 1.29 is 32.2 Å². The van der Waals surface area contributed by atoms with Crippen LogP contribution in [0.15, 0.2) is 42.5 Å². The second-order valence-electron chi connectivity index (χ2n) is 6.39. The zero-order valence-electron chi connectivity index (χ0n) is 15.3. The number of carbonyl (C=O) groups is 1. The number of nitrogens with one attached hydrogen (secondary N) is 1. The van der Waals surface area contributed by atoms with Crippen LogP contribution in [-0.4, -0.2) is 36.4 Å². The molecule has 2 aromatic carbocycles. The fourth-order valence-electron chi connectivity index (χ4n) is 2.73. The molecule has 0 saturated carbocycles. The van der Waals surface area contributed by atoms with E-state index in [1.807, 2.05) is 24.3 Å². The summed E-state index contributed by atoms with van der Waals surface area (Å²) in [5, 5.41) is 10.9. The lowest BCUT2D eigenvalue weighted by atomic mass is 10.0. The molecule has 4 nitrogen and oxygen atoms in total. The predicted octanol–water partition coefficient (Wildman–Crippen LogP) is 4.83. The van der Waals surface area contributed by atoms with Gasteiger partial charge in [0, 0.05) is 11.4 Å². The van der Waals surface area contributed by atoms with Crippen LogP contribution in [0.5, 0.6) is 5.75 Å². The van der Waals surface area contributed by atoms with Crippen LogP contribution >= 0.6 is 11.6 Å². The van der Waals surface area contributed by atoms with Crippen molar-refractivity contribution in [2.24, 2.45) is 0 Å². The van der Waals surface area contributed by atoms with E-state index in [-0.39, 0.29) is 11.9 Å². The van der Waals surface area contributed by atoms with Gasteiger partial charge in [-0.05, 0) is 55.3 Å². The molecule has 1 heterocycles. The van der Waals surface area contributed by atoms with E-state index in [1.165, 1.54) is 6.07 Å². The lowest BCUT2D eigenvalue weighted by Crippen LogP contribution is -2.34. The van der Waals surface area contributed by atoms with Gasteiger partial charge in [-0.25, -0.2) is 9.18 Å². The molecule has 0 atom stereocenters. The molecular formula is C20H20ClF4NO3. The summed E-state index contributed by atoms with van der Waals surface area (Å²) in [4.78, 5) is 8.90. The Hall–Kier alpha value is -2.32. The van der Waals surface area contributed by atoms with Gasteiger partial charge in [-0.1, -0.05) is 35.9 Å². The summed E-state index contributed by atoms with van der Waals surface area (Å²) in [5.41, 5.74) is 1.63. The monoisotopic (exact) mass is 433 g/mol. The van der Waals surface area contributed by atoms with E-state index in [0.29, 0.717) is 17.0 Å². The number of benzene rings is 2. The average molecular weight is 434 g/mol. The molecule has 1 aliphatic rings. The molecular weight excluding hydrogens is 414 g/mol. The Kier molecular flexibility index (Phi) is 8.28. The van der Waals surface area contributed by atoms with E-state index < -0.39 is 12.1 Å². The number of piperidine rings is 1. The molecule has 1 fully saturated rings. The van der Waals surface area contributed by atoms with Crippen molar-refractivity contribution in [2.45, 2.75) is 31.5 Å². The molecule has 0 spiro atoms. The van der Waals surface area contributed by atoms with Gasteiger partial charge in [0.05, 0.1) is 0 Å². The van der Waals surface area contributed by atoms with Gasteiger partial charge in [-0.15, -0.1) is 0 Å². The number of alkyl halides is 3. The number of ether oxygens (including phenoxy) is 1. The summed E-state index contributed by atoms with van der Waals surface area (Å²) in [6, 6.07) is 12.7. The molecule has 0 aromatic heterocycles. The van der Waals surface area contributed by atoms with Gasteiger partial charge in [0.1, 0.15) is 17.7 Å². The van der Waals surface area contributed by atoms with Gasteiger partial charge in [-0.3, -0.25) is 0 Å². The zero-order valence-corrected chi connectivity index (χ0v) is 16.1. The van der Waals surface area contributed by atoms with Gasteiger partial charge < -0.3 is 15.2 Å². The van der Waals surface area contributed by atoms with Gasteiger partial charge in [0.15, 0.2) is 0 Å². The maximum atomic E-state index is 14.0. The van der Waals surface area contributed by atoms with Crippen LogP contribution in [0.4, 0.5) is 17.6 Å². The first-order chi connectivity index (χ1) is 13.7. The third-order valence-electron chi connectivity index (χ3n) is 4.19. The standard InChI is InChI=1S/C18H19ClFNO.C2HF3O2/c19-15-6-5-13(17(20)12-15)11-14-3-1-2-4-18(14)22-16-7-9-21-10-8-16;3-2(4,5)1(6)7/h1-6,12,16,21H,7-11H2;(H,6,7). The van der Waals surface area contributed by atoms with Crippen LogP contribution in [-0.2, 0) is 11.2 Å². The first kappa shape index (κ1) is 23.0. The minimum Gasteiger partial charge on any atom is -0.490 e. The number of aliphatic carboxylic acids is 1. The maximum absolute atomic E-state index is 14.0. The Morgan fingerprint density at radius 1 is 1.14 bits per heavy atom. The highest BCUT2D eigenvalue weighted by Gasteiger charge is 2.38. The van der Waals surface area contributed by atoms with Crippen molar-refractivity contribution in [1.29, 1.82) is 0 Å². The zero-order chi connectivity index (χ0) is 21.4. The van der Waals surface area contributed by atoms with Crippen molar-refractivity contribution in [1.82, 2.24) is 5.32 Å². The molecule has 0 radical (unpaired) electrons. The summed E-state index contributed by atoms with van der Waals surface area (Å²) in [5.74, 6) is -2.18. The Bertz CT molecular complexity index is 824. The molecule has 1 aliphatic heterocycles. The number of carboxylic acids is 1. The lowest BCUT2D eigenvalue weighted by Gasteiger charge is -2.25. The SMILES string of the molecule is Fc1cc(Cl)ccc1Cc1ccccc1OC1CCNCC1.O=C(O)C(F)(F)F. The fraction of sp³-hybridized carbons (Fsp3) is 0.350. The lowest BCUT2D eigenvalue weighted by molar-refractivity contribution is -0.192. The van der Waals surface area contributed by atoms with Crippen LogP contribution in [0.2, 0.25) is 5.02 Å². The van der Waals surface area contributed by atoms with E-state index in [4.69, 9.17) is 26.2 Å². The summed E-state index contributed by atoms with van der Waals surface area (Å²) in [6.45, 7) is 1.97. The minimum atomic E-state index is -5.08. The molecule has 0 bridgehead atoms. The van der Waals surface area contributed by atoms with Crippen molar-refractivity contribution in [3.05, 3.63) is 64.4 Å². The quantitative estimate of drug-likeness (QED) is 0.678. The summed E-state index contributed by atoms with van der Waals surface area (Å²) < 4.78 is 51.9. The molecule has 29 heavy (non-hydrogen) atoms. The van der Waals surface area contributed by atoms with Crippen molar-refractivity contribution >= 4 is 17.6 Å². The van der Waals surface area contributed by atoms with Crippen LogP contribution in [0, 0.1) is 5.82 Å². The second-order valence-corrected chi connectivity index (χ2v) is 6.83. The molecule has 0 amide bonds. The fourth-order valence-corrected chi connectivity index (χ4v) is 2.89. The molecule has 0 unspecified atom stereocenters. The highest BCUT2D eigenvalue weighted by molar-refractivity contribution is 6.30. The second kappa shape index (κ2) is 10.5. The van der Waals surface area contributed by atoms with E-state index >= 15 is 0 Å². The summed E-state index contributed by atoms with van der Waals surface area (Å²) >= 11 is 5.81. The third kappa shape index (κ3) is 7.55. The smallest absolute Gasteiger partial charge is 0.490 e. The molecule has 0 aliphatic carbocycles. The highest BCUT2D eigenvalue weighted by atomic mass is 35.5. The van der Waals surface area contributed by atoms with E-state index in [0.717, 1.165) is 37.2 Å². The van der Waals surface area contributed by atoms with Crippen LogP contribution in [0.25, 0.3) is 0 Å². The van der Waals surface area contributed by atoms with E-state index in [2.05, 4.69) is 5.32 Å². The van der Waals surface area contributed by atoms with Crippen molar-refractivity contribution in [2.75, 3.05) is 13.1 Å². The van der Waals surface area contributed by atoms with Gasteiger partial charge >= 0.3 is 12.1 Å². The molecule has 1 saturated heterocycles. The molecule has 3 rings (SSSR count). The topological polar surface area (TPSA) is 58.6 Å². The molecule has 2 N–H and O–H groups in total. The number of carboxylic acid groups (broad SMARTS) is 1. The van der Waals surface area contributed by atoms with Gasteiger partial charge in [-0.2, -0.15) is 13.2 Å². The molecule has 158 valence electrons. The maximum Gasteiger partial charge on any atom is 0.490 e. The van der Waals surface area contributed by atoms with Crippen LogP contribution < -0.4 is 10.1 Å². The number of rotatable bonds is 4. The molecule has 2 aromatic rings. The third-order valence-corrected chi connectivity index (χ3v) is 4.43. The number of halogens is 5. The van der Waals surface area contributed by atoms with Crippen molar-refractivity contribution in [3.63, 3.8) is 0 Å². The Morgan fingerprint density at radius 2 is 1.76 bits per heavy atom. The van der Waals surface area contributed by atoms with E-state index in [9.17, 15) is 17.6 Å². The first-order valence-electron chi connectivity index (χ1n) is 8.86. The van der Waals surface area contributed by atoms with Crippen LogP contribution in [0.1, 0.15) is 24.0 Å². The minimum absolute atomic E-state index is 0.234.